The van der Waals surface area contributed by atoms with E-state index in [0.717, 1.165) is 48.5 Å². The minimum absolute atomic E-state index is 0.0892. The summed E-state index contributed by atoms with van der Waals surface area (Å²) in [6.45, 7) is 1.45. The normalized spacial score (nSPS) is 14.4. The summed E-state index contributed by atoms with van der Waals surface area (Å²) in [4.78, 5) is 20.3. The number of nitrogens with zero attached hydrogens (tertiary/aromatic N) is 3. The van der Waals surface area contributed by atoms with Crippen LogP contribution in [0.25, 0.3) is 22.2 Å². The number of ether oxygens (including phenoxy) is 2. The number of hydrogen-bond donors (Lipinski definition) is 1. The van der Waals surface area contributed by atoms with Crippen LogP contribution in [0.15, 0.2) is 59.5 Å². The fourth-order valence-electron chi connectivity index (χ4n) is 4.08. The lowest BCUT2D eigenvalue weighted by Gasteiger charge is -2.19. The molecular formula is C25H22N4O3. The number of aryl methyl sites for hydroxylation is 1. The summed E-state index contributed by atoms with van der Waals surface area (Å²) in [5.74, 6) is 2.23. The number of aromatic nitrogens is 3. The number of aromatic amines is 1. The van der Waals surface area contributed by atoms with Crippen LogP contribution in [0.3, 0.4) is 0 Å². The summed E-state index contributed by atoms with van der Waals surface area (Å²) in [6.07, 6.45) is 3.61. The summed E-state index contributed by atoms with van der Waals surface area (Å²) in [5.41, 5.74) is 3.54. The Bertz CT molecular complexity index is 1390. The van der Waals surface area contributed by atoms with Gasteiger partial charge in [0.2, 0.25) is 5.56 Å². The Labute approximate surface area is 184 Å². The zero-order valence-corrected chi connectivity index (χ0v) is 17.7. The molecule has 2 aromatic heterocycles. The largest absolute Gasteiger partial charge is 0.453 e. The Kier molecular flexibility index (Phi) is 5.21. The fraction of sp³-hybridized carbons (Fsp3) is 0.240. The molecule has 160 valence electrons. The second-order valence-electron chi connectivity index (χ2n) is 7.92. The fourth-order valence-corrected chi connectivity index (χ4v) is 4.08. The van der Waals surface area contributed by atoms with E-state index in [1.54, 1.807) is 37.5 Å². The topological polar surface area (TPSA) is 92.9 Å². The molecule has 1 N–H and O–H groups in total. The van der Waals surface area contributed by atoms with Gasteiger partial charge in [0.25, 0.3) is 0 Å². The first-order valence-corrected chi connectivity index (χ1v) is 10.6. The van der Waals surface area contributed by atoms with E-state index in [9.17, 15) is 10.1 Å². The Balaban J connectivity index is 1.69. The van der Waals surface area contributed by atoms with Crippen molar-refractivity contribution in [2.45, 2.75) is 18.8 Å². The van der Waals surface area contributed by atoms with Crippen molar-refractivity contribution in [1.82, 2.24) is 14.5 Å². The third-order valence-electron chi connectivity index (χ3n) is 5.85. The predicted octanol–water partition coefficient (Wildman–Crippen LogP) is 4.49. The highest BCUT2D eigenvalue weighted by Gasteiger charge is 2.22. The first-order valence-electron chi connectivity index (χ1n) is 10.6. The Morgan fingerprint density at radius 3 is 2.75 bits per heavy atom. The van der Waals surface area contributed by atoms with E-state index in [2.05, 4.69) is 11.1 Å². The molecular weight excluding hydrogens is 404 g/mol. The van der Waals surface area contributed by atoms with Gasteiger partial charge in [0.05, 0.1) is 11.1 Å². The zero-order chi connectivity index (χ0) is 22.1. The van der Waals surface area contributed by atoms with Gasteiger partial charge < -0.3 is 19.0 Å². The summed E-state index contributed by atoms with van der Waals surface area (Å²) in [6, 6.07) is 16.6. The van der Waals surface area contributed by atoms with Gasteiger partial charge in [-0.3, -0.25) is 4.79 Å². The maximum atomic E-state index is 11.9. The molecule has 1 saturated heterocycles. The van der Waals surface area contributed by atoms with E-state index in [1.165, 1.54) is 10.6 Å². The lowest BCUT2D eigenvalue weighted by Crippen LogP contribution is -2.15. The standard InChI is InChI=1S/C25H22N4O3/c1-29-15-18(6-9-22(29)30)19-7-8-20-23(28-25(27-20)16-10-12-31-13-11-16)24(19)32-21-5-3-2-4-17(21)14-26/h2-9,15-16H,10-13H2,1H3,(H,27,28). The minimum atomic E-state index is -0.0892. The second-order valence-corrected chi connectivity index (χ2v) is 7.92. The molecule has 0 aliphatic carbocycles. The van der Waals surface area contributed by atoms with Crippen molar-refractivity contribution >= 4 is 11.0 Å². The van der Waals surface area contributed by atoms with Crippen LogP contribution in [0.5, 0.6) is 11.5 Å². The molecule has 4 aromatic rings. The molecule has 3 heterocycles. The van der Waals surface area contributed by atoms with Gasteiger partial charge in [-0.15, -0.1) is 0 Å². The zero-order valence-electron chi connectivity index (χ0n) is 17.7. The first-order chi connectivity index (χ1) is 15.6. The molecule has 32 heavy (non-hydrogen) atoms. The summed E-state index contributed by atoms with van der Waals surface area (Å²) in [7, 11) is 1.72. The molecule has 0 bridgehead atoms. The summed E-state index contributed by atoms with van der Waals surface area (Å²) in [5, 5.41) is 9.54. The van der Waals surface area contributed by atoms with E-state index >= 15 is 0 Å². The third kappa shape index (κ3) is 3.66. The molecule has 0 unspecified atom stereocenters. The van der Waals surface area contributed by atoms with E-state index < -0.39 is 0 Å². The van der Waals surface area contributed by atoms with Crippen LogP contribution in [0.2, 0.25) is 0 Å². The second kappa shape index (κ2) is 8.33. The average Bonchev–Trinajstić information content (AvgIpc) is 3.27. The number of benzene rings is 2. The number of para-hydroxylation sites is 1. The number of hydrogen-bond acceptors (Lipinski definition) is 5. The predicted molar refractivity (Wildman–Crippen MR) is 121 cm³/mol. The highest BCUT2D eigenvalue weighted by atomic mass is 16.5. The Hall–Kier alpha value is -3.89. The van der Waals surface area contributed by atoms with Crippen LogP contribution >= 0.6 is 0 Å². The van der Waals surface area contributed by atoms with E-state index in [-0.39, 0.29) is 5.56 Å². The van der Waals surface area contributed by atoms with Gasteiger partial charge in [0.15, 0.2) is 5.75 Å². The van der Waals surface area contributed by atoms with Crippen molar-refractivity contribution in [1.29, 1.82) is 5.26 Å². The Morgan fingerprint density at radius 1 is 1.16 bits per heavy atom. The van der Waals surface area contributed by atoms with Crippen LogP contribution in [0.4, 0.5) is 0 Å². The van der Waals surface area contributed by atoms with Crippen LogP contribution in [-0.2, 0) is 11.8 Å². The smallest absolute Gasteiger partial charge is 0.250 e. The van der Waals surface area contributed by atoms with Gasteiger partial charge >= 0.3 is 0 Å². The highest BCUT2D eigenvalue weighted by molar-refractivity contribution is 5.91. The number of imidazole rings is 1. The van der Waals surface area contributed by atoms with Gasteiger partial charge in [-0.2, -0.15) is 5.26 Å². The molecule has 0 amide bonds. The molecule has 2 aromatic carbocycles. The molecule has 7 heteroatoms. The molecule has 5 rings (SSSR count). The average molecular weight is 426 g/mol. The molecule has 0 radical (unpaired) electrons. The van der Waals surface area contributed by atoms with E-state index in [1.807, 2.05) is 18.2 Å². The number of nitrogens with one attached hydrogen (secondary N) is 1. The number of pyridine rings is 1. The summed E-state index contributed by atoms with van der Waals surface area (Å²) < 4.78 is 13.4. The van der Waals surface area contributed by atoms with Crippen LogP contribution < -0.4 is 10.3 Å². The van der Waals surface area contributed by atoms with Crippen molar-refractivity contribution in [3.05, 3.63) is 76.5 Å². The molecule has 1 aliphatic rings. The van der Waals surface area contributed by atoms with Crippen molar-refractivity contribution < 1.29 is 9.47 Å². The lowest BCUT2D eigenvalue weighted by molar-refractivity contribution is 0.0838. The van der Waals surface area contributed by atoms with Crippen LogP contribution in [-0.4, -0.2) is 27.7 Å². The quantitative estimate of drug-likeness (QED) is 0.519. The lowest BCUT2D eigenvalue weighted by atomic mass is 10.00. The van der Waals surface area contributed by atoms with Crippen LogP contribution in [0.1, 0.15) is 30.1 Å². The molecule has 0 saturated carbocycles. The van der Waals surface area contributed by atoms with Crippen molar-refractivity contribution in [2.75, 3.05) is 13.2 Å². The maximum absolute atomic E-state index is 11.9. The SMILES string of the molecule is Cn1cc(-c2ccc3[nH]c(C4CCOCC4)nc3c2Oc2ccccc2C#N)ccc1=O. The van der Waals surface area contributed by atoms with Gasteiger partial charge in [0, 0.05) is 49.6 Å². The van der Waals surface area contributed by atoms with Crippen molar-refractivity contribution in [3.63, 3.8) is 0 Å². The van der Waals surface area contributed by atoms with E-state index in [4.69, 9.17) is 14.5 Å². The van der Waals surface area contributed by atoms with Gasteiger partial charge in [-0.1, -0.05) is 12.1 Å². The number of rotatable bonds is 4. The maximum Gasteiger partial charge on any atom is 0.250 e. The molecule has 1 fully saturated rings. The molecule has 7 nitrogen and oxygen atoms in total. The van der Waals surface area contributed by atoms with Gasteiger partial charge in [0.1, 0.15) is 23.2 Å². The third-order valence-corrected chi connectivity index (χ3v) is 5.85. The molecule has 1 aliphatic heterocycles. The number of H-pyrrole nitrogens is 1. The molecule has 0 spiro atoms. The van der Waals surface area contributed by atoms with Crippen molar-refractivity contribution in [3.8, 4) is 28.7 Å². The van der Waals surface area contributed by atoms with Crippen LogP contribution in [0, 0.1) is 11.3 Å². The number of fused-ring (bicyclic) bond motifs is 1. The minimum Gasteiger partial charge on any atom is -0.453 e. The van der Waals surface area contributed by atoms with Gasteiger partial charge in [-0.05, 0) is 43.2 Å². The summed E-state index contributed by atoms with van der Waals surface area (Å²) >= 11 is 0. The Morgan fingerprint density at radius 2 is 1.97 bits per heavy atom. The number of nitriles is 1. The monoisotopic (exact) mass is 426 g/mol. The van der Waals surface area contributed by atoms with Gasteiger partial charge in [-0.25, -0.2) is 4.98 Å². The van der Waals surface area contributed by atoms with Crippen molar-refractivity contribution in [2.24, 2.45) is 7.05 Å². The van der Waals surface area contributed by atoms with E-state index in [0.29, 0.717) is 28.5 Å². The first kappa shape index (κ1) is 20.0. The highest BCUT2D eigenvalue weighted by Crippen LogP contribution is 2.40. The molecule has 0 atom stereocenters.